The number of aromatic nitrogens is 2. The molecule has 1 amide bonds. The van der Waals surface area contributed by atoms with Gasteiger partial charge in [-0.15, -0.1) is 0 Å². The Hall–Kier alpha value is -2.44. The molecule has 1 saturated heterocycles. The molecule has 128 valence electrons. The summed E-state index contributed by atoms with van der Waals surface area (Å²) in [4.78, 5) is 14.1. The van der Waals surface area contributed by atoms with E-state index >= 15 is 0 Å². The van der Waals surface area contributed by atoms with E-state index in [1.165, 1.54) is 6.07 Å². The van der Waals surface area contributed by atoms with Crippen LogP contribution in [-0.4, -0.2) is 40.8 Å². The fourth-order valence-electron chi connectivity index (χ4n) is 3.12. The molecule has 7 heteroatoms. The Bertz CT molecular complexity index is 709. The molecule has 0 spiro atoms. The number of rotatable bonds is 4. The number of halogens is 2. The van der Waals surface area contributed by atoms with Gasteiger partial charge in [0.2, 0.25) is 0 Å². The molecule has 1 aromatic carbocycles. The standard InChI is InChI=1S/C17H19F2N3O2/c1-24-15-5-3-2-4-13(15)12-6-9-21(10-7-12)16(23)14-8-11-22(20-14)17(18)19/h2-5,8,11-12,17H,6-7,9-10H2,1H3. The van der Waals surface area contributed by atoms with Crippen LogP contribution in [0.5, 0.6) is 5.75 Å². The molecule has 24 heavy (non-hydrogen) atoms. The van der Waals surface area contributed by atoms with Crippen LogP contribution in [0.15, 0.2) is 36.5 Å². The monoisotopic (exact) mass is 335 g/mol. The first-order chi connectivity index (χ1) is 11.6. The lowest BCUT2D eigenvalue weighted by molar-refractivity contribution is 0.0547. The van der Waals surface area contributed by atoms with E-state index < -0.39 is 6.55 Å². The summed E-state index contributed by atoms with van der Waals surface area (Å²) in [6, 6.07) is 9.22. The summed E-state index contributed by atoms with van der Waals surface area (Å²) in [6.07, 6.45) is 2.74. The molecule has 0 saturated carbocycles. The Kier molecular flexibility index (Phi) is 4.78. The first-order valence-electron chi connectivity index (χ1n) is 7.85. The Morgan fingerprint density at radius 2 is 1.96 bits per heavy atom. The number of carbonyl (C=O) groups is 1. The zero-order chi connectivity index (χ0) is 17.1. The fraction of sp³-hybridized carbons (Fsp3) is 0.412. The van der Waals surface area contributed by atoms with E-state index in [1.807, 2.05) is 24.3 Å². The van der Waals surface area contributed by atoms with Gasteiger partial charge in [0.05, 0.1) is 7.11 Å². The van der Waals surface area contributed by atoms with Crippen molar-refractivity contribution in [2.24, 2.45) is 0 Å². The quantitative estimate of drug-likeness (QED) is 0.861. The van der Waals surface area contributed by atoms with Crippen molar-refractivity contribution in [3.63, 3.8) is 0 Å². The number of ether oxygens (including phenoxy) is 1. The van der Waals surface area contributed by atoms with Gasteiger partial charge >= 0.3 is 6.55 Å². The summed E-state index contributed by atoms with van der Waals surface area (Å²) < 4.78 is 31.0. The summed E-state index contributed by atoms with van der Waals surface area (Å²) in [7, 11) is 1.65. The van der Waals surface area contributed by atoms with Crippen molar-refractivity contribution in [3.05, 3.63) is 47.8 Å². The number of benzene rings is 1. The van der Waals surface area contributed by atoms with Gasteiger partial charge in [-0.05, 0) is 36.5 Å². The van der Waals surface area contributed by atoms with Crippen molar-refractivity contribution in [3.8, 4) is 5.75 Å². The summed E-state index contributed by atoms with van der Waals surface area (Å²) in [6.45, 7) is -1.59. The molecular weight excluding hydrogens is 316 g/mol. The van der Waals surface area contributed by atoms with Crippen molar-refractivity contribution in [1.82, 2.24) is 14.7 Å². The largest absolute Gasteiger partial charge is 0.496 e. The van der Waals surface area contributed by atoms with Gasteiger partial charge < -0.3 is 9.64 Å². The molecule has 0 atom stereocenters. The van der Waals surface area contributed by atoms with E-state index in [4.69, 9.17) is 4.74 Å². The number of amides is 1. The van der Waals surface area contributed by atoms with Gasteiger partial charge in [0, 0.05) is 19.3 Å². The third-order valence-corrected chi connectivity index (χ3v) is 4.39. The summed E-state index contributed by atoms with van der Waals surface area (Å²) in [5, 5.41) is 3.64. The van der Waals surface area contributed by atoms with Crippen LogP contribution >= 0.6 is 0 Å². The highest BCUT2D eigenvalue weighted by Crippen LogP contribution is 2.34. The molecule has 0 bridgehead atoms. The minimum atomic E-state index is -2.73. The Balaban J connectivity index is 1.65. The summed E-state index contributed by atoms with van der Waals surface area (Å²) in [5.74, 6) is 0.884. The molecule has 2 heterocycles. The van der Waals surface area contributed by atoms with Crippen molar-refractivity contribution < 1.29 is 18.3 Å². The van der Waals surface area contributed by atoms with E-state index in [2.05, 4.69) is 5.10 Å². The zero-order valence-corrected chi connectivity index (χ0v) is 13.4. The number of hydrogen-bond donors (Lipinski definition) is 0. The van der Waals surface area contributed by atoms with Crippen LogP contribution in [-0.2, 0) is 0 Å². The van der Waals surface area contributed by atoms with Crippen LogP contribution in [0.25, 0.3) is 0 Å². The van der Waals surface area contributed by atoms with Crippen molar-refractivity contribution >= 4 is 5.91 Å². The van der Waals surface area contributed by atoms with Gasteiger partial charge in [-0.2, -0.15) is 13.9 Å². The third-order valence-electron chi connectivity index (χ3n) is 4.39. The SMILES string of the molecule is COc1ccccc1C1CCN(C(=O)c2ccn(C(F)F)n2)CC1. The lowest BCUT2D eigenvalue weighted by Gasteiger charge is -2.32. The average Bonchev–Trinajstić information content (AvgIpc) is 3.11. The second-order valence-electron chi connectivity index (χ2n) is 5.77. The van der Waals surface area contributed by atoms with Crippen molar-refractivity contribution in [1.29, 1.82) is 0 Å². The fourth-order valence-corrected chi connectivity index (χ4v) is 3.12. The third kappa shape index (κ3) is 3.25. The van der Waals surface area contributed by atoms with Gasteiger partial charge in [-0.1, -0.05) is 18.2 Å². The number of para-hydroxylation sites is 1. The van der Waals surface area contributed by atoms with Gasteiger partial charge in [0.25, 0.3) is 5.91 Å². The molecule has 0 unspecified atom stereocenters. The van der Waals surface area contributed by atoms with Crippen molar-refractivity contribution in [2.75, 3.05) is 20.2 Å². The van der Waals surface area contributed by atoms with Crippen LogP contribution in [0.4, 0.5) is 8.78 Å². The van der Waals surface area contributed by atoms with Gasteiger partial charge in [-0.25, -0.2) is 4.68 Å². The predicted octanol–water partition coefficient (Wildman–Crippen LogP) is 3.31. The van der Waals surface area contributed by atoms with Gasteiger partial charge in [-0.3, -0.25) is 4.79 Å². The maximum atomic E-state index is 12.6. The molecular formula is C17H19F2N3O2. The molecule has 1 aliphatic rings. The Labute approximate surface area is 138 Å². The highest BCUT2D eigenvalue weighted by molar-refractivity contribution is 5.92. The second kappa shape index (κ2) is 6.98. The highest BCUT2D eigenvalue weighted by Gasteiger charge is 2.27. The normalized spacial score (nSPS) is 15.8. The molecule has 3 rings (SSSR count). The number of likely N-dealkylation sites (tertiary alicyclic amines) is 1. The summed E-state index contributed by atoms with van der Waals surface area (Å²) in [5.41, 5.74) is 1.21. The molecule has 0 aliphatic carbocycles. The lowest BCUT2D eigenvalue weighted by Crippen LogP contribution is -2.38. The molecule has 0 radical (unpaired) electrons. The Morgan fingerprint density at radius 1 is 1.25 bits per heavy atom. The van der Waals surface area contributed by atoms with E-state index in [-0.39, 0.29) is 11.6 Å². The smallest absolute Gasteiger partial charge is 0.333 e. The highest BCUT2D eigenvalue weighted by atomic mass is 19.3. The first-order valence-corrected chi connectivity index (χ1v) is 7.85. The van der Waals surface area contributed by atoms with E-state index in [0.29, 0.717) is 23.7 Å². The molecule has 1 aliphatic heterocycles. The van der Waals surface area contributed by atoms with Crippen LogP contribution < -0.4 is 4.74 Å². The molecule has 1 fully saturated rings. The summed E-state index contributed by atoms with van der Waals surface area (Å²) >= 11 is 0. The predicted molar refractivity (Wildman–Crippen MR) is 84.4 cm³/mol. The second-order valence-corrected chi connectivity index (χ2v) is 5.77. The number of carbonyl (C=O) groups excluding carboxylic acids is 1. The average molecular weight is 335 g/mol. The number of alkyl halides is 2. The topological polar surface area (TPSA) is 47.4 Å². The minimum Gasteiger partial charge on any atom is -0.496 e. The number of methoxy groups -OCH3 is 1. The molecule has 5 nitrogen and oxygen atoms in total. The molecule has 1 aromatic heterocycles. The van der Waals surface area contributed by atoms with E-state index in [1.54, 1.807) is 12.0 Å². The lowest BCUT2D eigenvalue weighted by atomic mass is 9.88. The molecule has 0 N–H and O–H groups in total. The number of hydrogen-bond acceptors (Lipinski definition) is 3. The van der Waals surface area contributed by atoms with Crippen LogP contribution in [0.3, 0.4) is 0 Å². The maximum Gasteiger partial charge on any atom is 0.333 e. The zero-order valence-electron chi connectivity index (χ0n) is 13.4. The van der Waals surface area contributed by atoms with E-state index in [0.717, 1.165) is 30.4 Å². The van der Waals surface area contributed by atoms with Crippen LogP contribution in [0.1, 0.15) is 41.4 Å². The van der Waals surface area contributed by atoms with Crippen molar-refractivity contribution in [2.45, 2.75) is 25.3 Å². The first kappa shape index (κ1) is 16.4. The Morgan fingerprint density at radius 3 is 2.58 bits per heavy atom. The molecule has 2 aromatic rings. The number of nitrogens with zero attached hydrogens (tertiary/aromatic N) is 3. The van der Waals surface area contributed by atoms with Gasteiger partial charge in [0.15, 0.2) is 5.69 Å². The minimum absolute atomic E-state index is 0.0611. The van der Waals surface area contributed by atoms with E-state index in [9.17, 15) is 13.6 Å². The van der Waals surface area contributed by atoms with Crippen LogP contribution in [0.2, 0.25) is 0 Å². The van der Waals surface area contributed by atoms with Gasteiger partial charge in [0.1, 0.15) is 5.75 Å². The number of piperidine rings is 1. The maximum absolute atomic E-state index is 12.6. The van der Waals surface area contributed by atoms with Crippen LogP contribution in [0, 0.1) is 0 Å².